The van der Waals surface area contributed by atoms with Crippen molar-refractivity contribution in [3.63, 3.8) is 0 Å². The Kier molecular flexibility index (Phi) is 5.22. The van der Waals surface area contributed by atoms with Crippen molar-refractivity contribution in [3.8, 4) is 11.8 Å². The minimum absolute atomic E-state index is 0.110. The predicted molar refractivity (Wildman–Crippen MR) is 80.3 cm³/mol. The summed E-state index contributed by atoms with van der Waals surface area (Å²) < 4.78 is 1.99. The predicted octanol–water partition coefficient (Wildman–Crippen LogP) is 2.15. The van der Waals surface area contributed by atoms with Crippen LogP contribution in [0.3, 0.4) is 0 Å². The van der Waals surface area contributed by atoms with Crippen molar-refractivity contribution >= 4 is 11.8 Å². The van der Waals surface area contributed by atoms with E-state index in [0.717, 1.165) is 22.3 Å². The Bertz CT molecular complexity index is 623. The Labute approximate surface area is 123 Å². The first kappa shape index (κ1) is 14.6. The Hall–Kier alpha value is -1.77. The lowest BCUT2D eigenvalue weighted by atomic mass is 10.1. The molecule has 20 heavy (non-hydrogen) atoms. The minimum Gasteiger partial charge on any atom is -0.395 e. The summed E-state index contributed by atoms with van der Waals surface area (Å²) in [6.45, 7) is 2.05. The molecular formula is C15H17N3OS. The van der Waals surface area contributed by atoms with Crippen LogP contribution < -0.4 is 0 Å². The standard InChI is InChI=1S/C15H17N3OS/c1-12-16-17-15(18(12)2)20-11-14-8-6-13(7-9-14)5-3-4-10-19/h6-9,19H,4,10-11H2,1-2H3. The average Bonchev–Trinajstić information content (AvgIpc) is 2.78. The molecule has 4 nitrogen and oxygen atoms in total. The number of aromatic nitrogens is 3. The van der Waals surface area contributed by atoms with Gasteiger partial charge in [-0.1, -0.05) is 35.7 Å². The summed E-state index contributed by atoms with van der Waals surface area (Å²) >= 11 is 1.67. The van der Waals surface area contributed by atoms with Gasteiger partial charge in [0.1, 0.15) is 5.82 Å². The van der Waals surface area contributed by atoms with Gasteiger partial charge in [-0.2, -0.15) is 0 Å². The van der Waals surface area contributed by atoms with Crippen LogP contribution in [0.2, 0.25) is 0 Å². The van der Waals surface area contributed by atoms with Crippen molar-refractivity contribution in [3.05, 3.63) is 41.2 Å². The normalized spacial score (nSPS) is 10.2. The number of rotatable bonds is 4. The number of nitrogens with zero attached hydrogens (tertiary/aromatic N) is 3. The maximum atomic E-state index is 8.67. The molecule has 104 valence electrons. The van der Waals surface area contributed by atoms with E-state index < -0.39 is 0 Å². The lowest BCUT2D eigenvalue weighted by molar-refractivity contribution is 0.305. The van der Waals surface area contributed by atoms with Gasteiger partial charge in [0.25, 0.3) is 0 Å². The van der Waals surface area contributed by atoms with Crippen LogP contribution in [0.1, 0.15) is 23.4 Å². The number of aliphatic hydroxyl groups is 1. The lowest BCUT2D eigenvalue weighted by Crippen LogP contribution is -1.93. The maximum Gasteiger partial charge on any atom is 0.191 e. The molecule has 1 aromatic carbocycles. The molecule has 5 heteroatoms. The first-order valence-electron chi connectivity index (χ1n) is 6.38. The van der Waals surface area contributed by atoms with Gasteiger partial charge in [-0.15, -0.1) is 10.2 Å². The molecule has 2 rings (SSSR count). The number of aryl methyl sites for hydroxylation is 1. The second-order valence-electron chi connectivity index (χ2n) is 4.35. The zero-order valence-electron chi connectivity index (χ0n) is 11.6. The second kappa shape index (κ2) is 7.13. The molecule has 0 fully saturated rings. The van der Waals surface area contributed by atoms with Gasteiger partial charge in [0.15, 0.2) is 5.16 Å². The van der Waals surface area contributed by atoms with Crippen molar-refractivity contribution in [2.45, 2.75) is 24.3 Å². The molecule has 0 atom stereocenters. The first-order chi connectivity index (χ1) is 9.70. The molecule has 0 amide bonds. The van der Waals surface area contributed by atoms with Crippen LogP contribution >= 0.6 is 11.8 Å². The third-order valence-corrected chi connectivity index (χ3v) is 3.94. The van der Waals surface area contributed by atoms with E-state index in [9.17, 15) is 0 Å². The Morgan fingerprint density at radius 3 is 2.60 bits per heavy atom. The van der Waals surface area contributed by atoms with Crippen LogP contribution in [-0.2, 0) is 12.8 Å². The van der Waals surface area contributed by atoms with E-state index in [1.54, 1.807) is 11.8 Å². The van der Waals surface area contributed by atoms with Gasteiger partial charge in [-0.25, -0.2) is 0 Å². The Morgan fingerprint density at radius 2 is 2.00 bits per heavy atom. The molecule has 0 spiro atoms. The Balaban J connectivity index is 1.94. The summed E-state index contributed by atoms with van der Waals surface area (Å²) in [5.41, 5.74) is 2.20. The minimum atomic E-state index is 0.110. The van der Waals surface area contributed by atoms with E-state index in [1.165, 1.54) is 5.56 Å². The summed E-state index contributed by atoms with van der Waals surface area (Å²) in [5, 5.41) is 17.8. The van der Waals surface area contributed by atoms with E-state index in [1.807, 2.05) is 30.7 Å². The lowest BCUT2D eigenvalue weighted by Gasteiger charge is -2.02. The van der Waals surface area contributed by atoms with Crippen molar-refractivity contribution in [2.75, 3.05) is 6.61 Å². The van der Waals surface area contributed by atoms with Gasteiger partial charge in [-0.3, -0.25) is 0 Å². The highest BCUT2D eigenvalue weighted by Crippen LogP contribution is 2.20. The molecule has 0 radical (unpaired) electrons. The van der Waals surface area contributed by atoms with E-state index in [0.29, 0.717) is 6.42 Å². The molecule has 0 saturated carbocycles. The number of hydrogen-bond acceptors (Lipinski definition) is 4. The van der Waals surface area contributed by atoms with Crippen LogP contribution in [0.5, 0.6) is 0 Å². The maximum absolute atomic E-state index is 8.67. The van der Waals surface area contributed by atoms with Crippen LogP contribution in [0.25, 0.3) is 0 Å². The van der Waals surface area contributed by atoms with Crippen LogP contribution in [0, 0.1) is 18.8 Å². The largest absolute Gasteiger partial charge is 0.395 e. The molecule has 1 N–H and O–H groups in total. The van der Waals surface area contributed by atoms with E-state index in [-0.39, 0.29) is 6.61 Å². The number of hydrogen-bond donors (Lipinski definition) is 1. The molecule has 2 aromatic rings. The van der Waals surface area contributed by atoms with Crippen LogP contribution in [0.4, 0.5) is 0 Å². The topological polar surface area (TPSA) is 50.9 Å². The molecule has 0 aliphatic heterocycles. The summed E-state index contributed by atoms with van der Waals surface area (Å²) in [4.78, 5) is 0. The summed E-state index contributed by atoms with van der Waals surface area (Å²) in [5.74, 6) is 7.70. The van der Waals surface area contributed by atoms with Crippen molar-refractivity contribution < 1.29 is 5.11 Å². The second-order valence-corrected chi connectivity index (χ2v) is 5.29. The van der Waals surface area contributed by atoms with Gasteiger partial charge in [-0.05, 0) is 24.6 Å². The van der Waals surface area contributed by atoms with E-state index >= 15 is 0 Å². The van der Waals surface area contributed by atoms with Gasteiger partial charge in [0.05, 0.1) is 6.61 Å². The summed E-state index contributed by atoms with van der Waals surface area (Å²) in [6, 6.07) is 8.14. The third-order valence-electron chi connectivity index (χ3n) is 2.84. The highest BCUT2D eigenvalue weighted by molar-refractivity contribution is 7.98. The highest BCUT2D eigenvalue weighted by atomic mass is 32.2. The SMILES string of the molecule is Cc1nnc(SCc2ccc(C#CCCO)cc2)n1C. The highest BCUT2D eigenvalue weighted by Gasteiger charge is 2.05. The first-order valence-corrected chi connectivity index (χ1v) is 7.36. The fourth-order valence-corrected chi connectivity index (χ4v) is 2.48. The molecule has 0 aliphatic rings. The molecular weight excluding hydrogens is 270 g/mol. The molecule has 1 heterocycles. The molecule has 0 aliphatic carbocycles. The molecule has 0 unspecified atom stereocenters. The molecule has 0 bridgehead atoms. The van der Waals surface area contributed by atoms with E-state index in [4.69, 9.17) is 5.11 Å². The average molecular weight is 287 g/mol. The summed E-state index contributed by atoms with van der Waals surface area (Å²) in [7, 11) is 1.97. The number of thioether (sulfide) groups is 1. The zero-order chi connectivity index (χ0) is 14.4. The third kappa shape index (κ3) is 3.86. The fraction of sp³-hybridized carbons (Fsp3) is 0.333. The van der Waals surface area contributed by atoms with E-state index in [2.05, 4.69) is 34.2 Å². The van der Waals surface area contributed by atoms with Gasteiger partial charge in [0.2, 0.25) is 0 Å². The molecule has 1 aromatic heterocycles. The number of aliphatic hydroxyl groups excluding tert-OH is 1. The van der Waals surface area contributed by atoms with Crippen molar-refractivity contribution in [1.82, 2.24) is 14.8 Å². The van der Waals surface area contributed by atoms with Crippen molar-refractivity contribution in [1.29, 1.82) is 0 Å². The Morgan fingerprint density at radius 1 is 1.25 bits per heavy atom. The van der Waals surface area contributed by atoms with Crippen LogP contribution in [-0.4, -0.2) is 26.5 Å². The fourth-order valence-electron chi connectivity index (χ4n) is 1.57. The monoisotopic (exact) mass is 287 g/mol. The zero-order valence-corrected chi connectivity index (χ0v) is 12.4. The van der Waals surface area contributed by atoms with Gasteiger partial charge >= 0.3 is 0 Å². The van der Waals surface area contributed by atoms with Crippen LogP contribution in [0.15, 0.2) is 29.4 Å². The quantitative estimate of drug-likeness (QED) is 0.691. The van der Waals surface area contributed by atoms with Gasteiger partial charge < -0.3 is 9.67 Å². The van der Waals surface area contributed by atoms with Crippen molar-refractivity contribution in [2.24, 2.45) is 7.05 Å². The smallest absolute Gasteiger partial charge is 0.191 e. The summed E-state index contributed by atoms with van der Waals surface area (Å²) in [6.07, 6.45) is 0.517. The molecule has 0 saturated heterocycles. The number of benzene rings is 1. The van der Waals surface area contributed by atoms with Gasteiger partial charge in [0, 0.05) is 24.8 Å².